The number of thiophene rings is 1. The first-order valence-corrected chi connectivity index (χ1v) is 8.86. The van der Waals surface area contributed by atoms with E-state index in [1.54, 1.807) is 0 Å². The van der Waals surface area contributed by atoms with Crippen LogP contribution in [0, 0.1) is 6.92 Å². The molecule has 0 aliphatic carbocycles. The van der Waals surface area contributed by atoms with Crippen LogP contribution in [0.5, 0.6) is 0 Å². The lowest BCUT2D eigenvalue weighted by atomic mass is 10.2. The van der Waals surface area contributed by atoms with Crippen LogP contribution in [-0.4, -0.2) is 41.4 Å². The van der Waals surface area contributed by atoms with Gasteiger partial charge in [0.15, 0.2) is 0 Å². The number of carbonyl (C=O) groups excluding carboxylic acids is 1. The molecule has 0 saturated heterocycles. The maximum atomic E-state index is 12.5. The average Bonchev–Trinajstić information content (AvgIpc) is 2.83. The molecule has 120 valence electrons. The maximum Gasteiger partial charge on any atom is 0.236 e. The van der Waals surface area contributed by atoms with Gasteiger partial charge in [-0.15, -0.1) is 11.3 Å². The molecule has 0 saturated carbocycles. The van der Waals surface area contributed by atoms with Crippen molar-refractivity contribution < 1.29 is 4.79 Å². The molecule has 1 rings (SSSR count). The van der Waals surface area contributed by atoms with E-state index in [0.29, 0.717) is 12.6 Å². The molecule has 0 atom stereocenters. The Morgan fingerprint density at radius 1 is 1.19 bits per heavy atom. The Kier molecular flexibility index (Phi) is 7.97. The predicted octanol–water partition coefficient (Wildman–Crippen LogP) is 3.92. The van der Waals surface area contributed by atoms with Crippen LogP contribution in [0.15, 0.2) is 12.1 Å². The highest BCUT2D eigenvalue weighted by Gasteiger charge is 2.19. The lowest BCUT2D eigenvalue weighted by Crippen LogP contribution is -2.43. The zero-order valence-corrected chi connectivity index (χ0v) is 15.0. The predicted molar refractivity (Wildman–Crippen MR) is 91.8 cm³/mol. The Hall–Kier alpha value is -0.870. The number of amides is 1. The third-order valence-electron chi connectivity index (χ3n) is 3.56. The second-order valence-corrected chi connectivity index (χ2v) is 7.26. The van der Waals surface area contributed by atoms with Gasteiger partial charge in [-0.3, -0.25) is 9.69 Å². The number of hydrogen-bond donors (Lipinski definition) is 0. The molecule has 0 aliphatic rings. The fourth-order valence-electron chi connectivity index (χ4n) is 2.37. The van der Waals surface area contributed by atoms with Crippen LogP contribution in [-0.2, 0) is 11.3 Å². The summed E-state index contributed by atoms with van der Waals surface area (Å²) in [7, 11) is 0. The first-order valence-electron chi connectivity index (χ1n) is 8.05. The Morgan fingerprint density at radius 3 is 2.24 bits per heavy atom. The van der Waals surface area contributed by atoms with Gasteiger partial charge in [0, 0.05) is 35.4 Å². The molecule has 0 aromatic carbocycles. The van der Waals surface area contributed by atoms with E-state index in [9.17, 15) is 4.79 Å². The van der Waals surface area contributed by atoms with E-state index in [-0.39, 0.29) is 5.91 Å². The molecule has 0 bridgehead atoms. The fraction of sp³-hybridized carbons (Fsp3) is 0.706. The van der Waals surface area contributed by atoms with Crippen LogP contribution in [0.2, 0.25) is 0 Å². The second-order valence-electron chi connectivity index (χ2n) is 5.89. The molecule has 0 fully saturated rings. The van der Waals surface area contributed by atoms with Crippen molar-refractivity contribution in [2.75, 3.05) is 19.6 Å². The molecule has 0 aliphatic heterocycles. The van der Waals surface area contributed by atoms with Crippen molar-refractivity contribution in [3.63, 3.8) is 0 Å². The number of aryl methyl sites for hydroxylation is 1. The van der Waals surface area contributed by atoms with Crippen LogP contribution in [0.3, 0.4) is 0 Å². The van der Waals surface area contributed by atoms with E-state index < -0.39 is 0 Å². The van der Waals surface area contributed by atoms with Gasteiger partial charge in [-0.25, -0.2) is 0 Å². The van der Waals surface area contributed by atoms with Gasteiger partial charge in [0.25, 0.3) is 0 Å². The minimum Gasteiger partial charge on any atom is -0.342 e. The first-order chi connectivity index (χ1) is 9.97. The second kappa shape index (κ2) is 9.21. The van der Waals surface area contributed by atoms with E-state index >= 15 is 0 Å². The van der Waals surface area contributed by atoms with Crippen LogP contribution in [0.4, 0.5) is 0 Å². The Balaban J connectivity index is 2.66. The van der Waals surface area contributed by atoms with Crippen molar-refractivity contribution in [2.24, 2.45) is 0 Å². The highest BCUT2D eigenvalue weighted by atomic mass is 32.1. The van der Waals surface area contributed by atoms with Crippen molar-refractivity contribution in [3.8, 4) is 0 Å². The van der Waals surface area contributed by atoms with Gasteiger partial charge < -0.3 is 4.90 Å². The van der Waals surface area contributed by atoms with E-state index in [2.05, 4.69) is 51.7 Å². The van der Waals surface area contributed by atoms with Crippen LogP contribution in [0.25, 0.3) is 0 Å². The van der Waals surface area contributed by atoms with Crippen molar-refractivity contribution in [3.05, 3.63) is 21.9 Å². The summed E-state index contributed by atoms with van der Waals surface area (Å²) in [5.41, 5.74) is 0. The maximum absolute atomic E-state index is 12.5. The topological polar surface area (TPSA) is 23.6 Å². The fourth-order valence-corrected chi connectivity index (χ4v) is 3.28. The van der Waals surface area contributed by atoms with E-state index in [4.69, 9.17) is 0 Å². The van der Waals surface area contributed by atoms with Gasteiger partial charge in [-0.2, -0.15) is 0 Å². The summed E-state index contributed by atoms with van der Waals surface area (Å²) in [5, 5.41) is 0. The van der Waals surface area contributed by atoms with Crippen LogP contribution < -0.4 is 0 Å². The molecular formula is C17H30N2OS. The molecule has 4 heteroatoms. The average molecular weight is 311 g/mol. The van der Waals surface area contributed by atoms with Crippen molar-refractivity contribution in [2.45, 2.75) is 60.0 Å². The normalized spacial score (nSPS) is 11.4. The Labute approximate surface area is 133 Å². The number of rotatable bonds is 9. The molecular weight excluding hydrogens is 280 g/mol. The van der Waals surface area contributed by atoms with E-state index in [1.807, 2.05) is 16.2 Å². The summed E-state index contributed by atoms with van der Waals surface area (Å²) in [4.78, 5) is 19.5. The molecule has 21 heavy (non-hydrogen) atoms. The van der Waals surface area contributed by atoms with E-state index in [0.717, 1.165) is 32.5 Å². The zero-order valence-electron chi connectivity index (χ0n) is 14.2. The van der Waals surface area contributed by atoms with Gasteiger partial charge in [-0.1, -0.05) is 13.8 Å². The summed E-state index contributed by atoms with van der Waals surface area (Å²) >= 11 is 1.82. The summed E-state index contributed by atoms with van der Waals surface area (Å²) < 4.78 is 0. The van der Waals surface area contributed by atoms with Crippen molar-refractivity contribution in [1.29, 1.82) is 0 Å². The first kappa shape index (κ1) is 18.2. The lowest BCUT2D eigenvalue weighted by Gasteiger charge is -2.29. The standard InChI is InChI=1S/C17H30N2OS/c1-6-10-18(11-7-2)17(20)13-19(14(3)4)12-16-9-8-15(5)21-16/h8-9,14H,6-7,10-13H2,1-5H3. The molecule has 0 radical (unpaired) electrons. The SMILES string of the molecule is CCCN(CCC)C(=O)CN(Cc1ccc(C)s1)C(C)C. The van der Waals surface area contributed by atoms with Crippen molar-refractivity contribution >= 4 is 17.2 Å². The van der Waals surface area contributed by atoms with Gasteiger partial charge in [0.2, 0.25) is 5.91 Å². The van der Waals surface area contributed by atoms with Crippen LogP contribution in [0.1, 0.15) is 50.3 Å². The van der Waals surface area contributed by atoms with Gasteiger partial charge in [-0.05, 0) is 45.7 Å². The summed E-state index contributed by atoms with van der Waals surface area (Å²) in [6.07, 6.45) is 2.05. The lowest BCUT2D eigenvalue weighted by molar-refractivity contribution is -0.133. The van der Waals surface area contributed by atoms with Crippen LogP contribution >= 0.6 is 11.3 Å². The molecule has 0 unspecified atom stereocenters. The molecule has 3 nitrogen and oxygen atoms in total. The third kappa shape index (κ3) is 6.18. The zero-order chi connectivity index (χ0) is 15.8. The smallest absolute Gasteiger partial charge is 0.236 e. The molecule has 1 aromatic rings. The minimum absolute atomic E-state index is 0.265. The molecule has 0 N–H and O–H groups in total. The highest BCUT2D eigenvalue weighted by Crippen LogP contribution is 2.18. The minimum atomic E-state index is 0.265. The Morgan fingerprint density at radius 2 is 1.81 bits per heavy atom. The highest BCUT2D eigenvalue weighted by molar-refractivity contribution is 7.11. The van der Waals surface area contributed by atoms with Gasteiger partial charge >= 0.3 is 0 Å². The Bertz CT molecular complexity index is 422. The van der Waals surface area contributed by atoms with E-state index in [1.165, 1.54) is 9.75 Å². The molecule has 0 spiro atoms. The number of carbonyl (C=O) groups is 1. The quantitative estimate of drug-likeness (QED) is 0.690. The number of hydrogen-bond acceptors (Lipinski definition) is 3. The summed E-state index contributed by atoms with van der Waals surface area (Å²) in [6, 6.07) is 4.71. The largest absolute Gasteiger partial charge is 0.342 e. The molecule has 1 amide bonds. The molecule has 1 aromatic heterocycles. The summed E-state index contributed by atoms with van der Waals surface area (Å²) in [5.74, 6) is 0.265. The summed E-state index contributed by atoms with van der Waals surface area (Å²) in [6.45, 7) is 13.9. The third-order valence-corrected chi connectivity index (χ3v) is 4.55. The van der Waals surface area contributed by atoms with Gasteiger partial charge in [0.1, 0.15) is 0 Å². The number of nitrogens with zero attached hydrogens (tertiary/aromatic N) is 2. The molecule has 1 heterocycles. The van der Waals surface area contributed by atoms with Crippen molar-refractivity contribution in [1.82, 2.24) is 9.80 Å². The monoisotopic (exact) mass is 310 g/mol. The van der Waals surface area contributed by atoms with Gasteiger partial charge in [0.05, 0.1) is 6.54 Å².